The van der Waals surface area contributed by atoms with Gasteiger partial charge in [-0.05, 0) is 111 Å². The molecule has 0 radical (unpaired) electrons. The van der Waals surface area contributed by atoms with E-state index in [4.69, 9.17) is 9.98 Å². The number of fused-ring (bicyclic) bond motifs is 11. The molecule has 378 valence electrons. The number of likely N-dealkylation sites (tertiary alicyclic amines) is 2. The van der Waals surface area contributed by atoms with E-state index in [0.717, 1.165) is 152 Å². The van der Waals surface area contributed by atoms with E-state index in [1.807, 2.05) is 67.9 Å². The van der Waals surface area contributed by atoms with Crippen molar-refractivity contribution in [1.82, 2.24) is 43.8 Å². The first-order valence-corrected chi connectivity index (χ1v) is 26.9. The van der Waals surface area contributed by atoms with Crippen LogP contribution in [0.3, 0.4) is 0 Å². The lowest BCUT2D eigenvalue weighted by Gasteiger charge is -2.36. The third-order valence-corrected chi connectivity index (χ3v) is 17.5. The highest BCUT2D eigenvalue weighted by molar-refractivity contribution is 5.93. The number of hydrogen-bond donors (Lipinski definition) is 1. The third kappa shape index (κ3) is 7.93. The lowest BCUT2D eigenvalue weighted by molar-refractivity contribution is 0.222. The smallest absolute Gasteiger partial charge is 0.129 e. The monoisotopic (exact) mass is 1000 g/mol. The fourth-order valence-corrected chi connectivity index (χ4v) is 13.9. The first-order valence-electron chi connectivity index (χ1n) is 26.9. The van der Waals surface area contributed by atoms with Crippen LogP contribution in [0.25, 0.3) is 33.8 Å². The van der Waals surface area contributed by atoms with Crippen LogP contribution >= 0.6 is 0 Å². The van der Waals surface area contributed by atoms with Gasteiger partial charge in [0, 0.05) is 72.4 Å². The molecule has 11 nitrogen and oxygen atoms in total. The molecule has 3 atom stereocenters. The molecule has 11 heterocycles. The Kier molecular flexibility index (Phi) is 11.6. The van der Waals surface area contributed by atoms with Gasteiger partial charge >= 0.3 is 0 Å². The van der Waals surface area contributed by atoms with Crippen molar-refractivity contribution in [3.8, 4) is 33.8 Å². The molecule has 3 saturated heterocycles. The summed E-state index contributed by atoms with van der Waals surface area (Å²) in [6.07, 6.45) is 19.3. The highest BCUT2D eigenvalue weighted by atomic mass is 19.1. The second-order valence-electron chi connectivity index (χ2n) is 21.4. The number of aliphatic imine (C=N–C) groups is 2. The van der Waals surface area contributed by atoms with Crippen molar-refractivity contribution in [3.63, 3.8) is 0 Å². The zero-order valence-electron chi connectivity index (χ0n) is 41.7. The van der Waals surface area contributed by atoms with Crippen molar-refractivity contribution >= 4 is 23.0 Å². The van der Waals surface area contributed by atoms with Crippen molar-refractivity contribution in [2.24, 2.45) is 27.7 Å². The van der Waals surface area contributed by atoms with Crippen molar-refractivity contribution in [2.75, 3.05) is 39.3 Å². The van der Waals surface area contributed by atoms with Crippen molar-refractivity contribution in [3.05, 3.63) is 186 Å². The summed E-state index contributed by atoms with van der Waals surface area (Å²) < 4.78 is 50.3. The molecule has 0 amide bonds. The predicted molar refractivity (Wildman–Crippen MR) is 286 cm³/mol. The van der Waals surface area contributed by atoms with Crippen LogP contribution in [0.15, 0.2) is 151 Å². The standard InChI is InChI=1S/2C23H21FN4.C15H16FN3/c2*24-18-6-3-5-17-20-13-25-14-28(20)23(22(17)18)15-8-10-27(11-9-15)21-12-16-4-1-2-7-19(16)26-21;16-12-3-1-2-11-13-8-18-9-19(13)15(14(11)12)10-4-6-17-7-5-10/h2*1-7,13-15,23H,8-12H2;1-3,8-10,15,17H,4-7H2. The minimum Gasteiger partial charge on any atom is -0.360 e. The minimum absolute atomic E-state index is 0.0542. The third-order valence-electron chi connectivity index (χ3n) is 17.5. The molecule has 3 aromatic heterocycles. The quantitative estimate of drug-likeness (QED) is 0.189. The predicted octanol–water partition coefficient (Wildman–Crippen LogP) is 11.8. The Morgan fingerprint density at radius 1 is 0.413 bits per heavy atom. The van der Waals surface area contributed by atoms with Crippen LogP contribution < -0.4 is 5.32 Å². The largest absolute Gasteiger partial charge is 0.360 e. The minimum atomic E-state index is -0.0933. The first kappa shape index (κ1) is 46.0. The number of benzene rings is 5. The second kappa shape index (κ2) is 19.0. The Morgan fingerprint density at radius 3 is 1.15 bits per heavy atom. The lowest BCUT2D eigenvalue weighted by atomic mass is 9.85. The van der Waals surface area contributed by atoms with E-state index in [0.29, 0.717) is 17.8 Å². The summed E-state index contributed by atoms with van der Waals surface area (Å²) in [7, 11) is 0. The molecule has 8 aliphatic heterocycles. The molecule has 0 aliphatic carbocycles. The van der Waals surface area contributed by atoms with Gasteiger partial charge in [0.1, 0.15) is 29.1 Å². The number of imidazole rings is 3. The van der Waals surface area contributed by atoms with E-state index in [9.17, 15) is 13.2 Å². The number of nitrogens with zero attached hydrogens (tertiary/aromatic N) is 10. The van der Waals surface area contributed by atoms with Crippen LogP contribution in [-0.4, -0.2) is 89.4 Å². The number of para-hydroxylation sites is 2. The van der Waals surface area contributed by atoms with Gasteiger partial charge in [-0.25, -0.2) is 38.1 Å². The van der Waals surface area contributed by atoms with Gasteiger partial charge in [-0.15, -0.1) is 0 Å². The number of aromatic nitrogens is 6. The van der Waals surface area contributed by atoms with Crippen molar-refractivity contribution < 1.29 is 13.2 Å². The molecule has 8 aromatic rings. The highest BCUT2D eigenvalue weighted by Gasteiger charge is 2.41. The number of piperidine rings is 3. The normalized spacial score (nSPS) is 21.1. The van der Waals surface area contributed by atoms with Crippen molar-refractivity contribution in [2.45, 2.75) is 69.5 Å². The average Bonchev–Trinajstić information content (AvgIpc) is 4.33. The summed E-state index contributed by atoms with van der Waals surface area (Å²) in [5.41, 5.74) is 13.6. The number of nitrogens with one attached hydrogen (secondary N) is 1. The maximum absolute atomic E-state index is 14.7. The van der Waals surface area contributed by atoms with Gasteiger partial charge in [-0.3, -0.25) is 0 Å². The summed E-state index contributed by atoms with van der Waals surface area (Å²) in [6, 6.07) is 33.2. The Bertz CT molecular complexity index is 3340. The molecular formula is C61H58F3N11. The topological polar surface area (TPSA) is 96.7 Å². The van der Waals surface area contributed by atoms with E-state index < -0.39 is 0 Å². The summed E-state index contributed by atoms with van der Waals surface area (Å²) >= 11 is 0. The van der Waals surface area contributed by atoms with Crippen molar-refractivity contribution in [1.29, 1.82) is 0 Å². The summed E-state index contributed by atoms with van der Waals surface area (Å²) in [6.45, 7) is 5.94. The highest BCUT2D eigenvalue weighted by Crippen LogP contribution is 2.50. The van der Waals surface area contributed by atoms with Crippen LogP contribution in [0.1, 0.15) is 84.5 Å². The maximum Gasteiger partial charge on any atom is 0.129 e. The fraction of sp³-hybridized carbons (Fsp3) is 0.328. The van der Waals surface area contributed by atoms with Gasteiger partial charge in [0.15, 0.2) is 0 Å². The van der Waals surface area contributed by atoms with Gasteiger partial charge in [0.25, 0.3) is 0 Å². The number of rotatable bonds is 3. The summed E-state index contributed by atoms with van der Waals surface area (Å²) in [5, 5.41) is 3.38. The molecule has 0 bridgehead atoms. The van der Waals surface area contributed by atoms with Gasteiger partial charge in [-0.1, -0.05) is 72.8 Å². The van der Waals surface area contributed by atoms with Crippen LogP contribution in [0.5, 0.6) is 0 Å². The van der Waals surface area contributed by atoms with E-state index >= 15 is 0 Å². The van der Waals surface area contributed by atoms with E-state index in [2.05, 4.69) is 80.2 Å². The summed E-state index contributed by atoms with van der Waals surface area (Å²) in [4.78, 5) is 27.4. The van der Waals surface area contributed by atoms with Crippen LogP contribution in [0.2, 0.25) is 0 Å². The molecule has 16 rings (SSSR count). The Morgan fingerprint density at radius 2 is 0.773 bits per heavy atom. The molecule has 75 heavy (non-hydrogen) atoms. The maximum atomic E-state index is 14.7. The zero-order valence-corrected chi connectivity index (χ0v) is 41.7. The fourth-order valence-electron chi connectivity index (χ4n) is 13.9. The SMILES string of the molecule is Fc1cccc2c1C(C1CCN(C3=Nc4ccccc4C3)CC1)n1cncc1-2.Fc1cccc2c1C(C1CCN(C3=Nc4ccccc4C3)CC1)n1cncc1-2.Fc1cccc2c1C(C1CCNCC1)n1cncc1-2. The van der Waals surface area contributed by atoms with Gasteiger partial charge in [0.2, 0.25) is 0 Å². The number of hydrogen-bond acceptors (Lipinski definition) is 8. The van der Waals surface area contributed by atoms with Gasteiger partial charge < -0.3 is 28.8 Å². The molecule has 1 N–H and O–H groups in total. The summed E-state index contributed by atoms with van der Waals surface area (Å²) in [5.74, 6) is 3.41. The molecule has 0 spiro atoms. The van der Waals surface area contributed by atoms with Crippen LogP contribution in [0.4, 0.5) is 24.5 Å². The number of halogens is 3. The second-order valence-corrected chi connectivity index (χ2v) is 21.4. The van der Waals surface area contributed by atoms with E-state index in [1.165, 1.54) is 22.8 Å². The first-order chi connectivity index (χ1) is 36.9. The van der Waals surface area contributed by atoms with E-state index in [1.54, 1.807) is 36.4 Å². The molecule has 8 aliphatic rings. The Balaban J connectivity index is 0.000000105. The zero-order chi connectivity index (χ0) is 50.1. The Labute approximate surface area is 434 Å². The molecular weight excluding hydrogens is 944 g/mol. The average molecular weight is 1000 g/mol. The van der Waals surface area contributed by atoms with E-state index in [-0.39, 0.29) is 35.6 Å². The molecule has 3 unspecified atom stereocenters. The molecule has 5 aromatic carbocycles. The van der Waals surface area contributed by atoms with Gasteiger partial charge in [-0.2, -0.15) is 0 Å². The molecule has 14 heteroatoms. The number of amidine groups is 2. The molecule has 0 saturated carbocycles. The van der Waals surface area contributed by atoms with Gasteiger partial charge in [0.05, 0.1) is 84.2 Å². The molecule has 3 fully saturated rings. The van der Waals surface area contributed by atoms with Crippen LogP contribution in [-0.2, 0) is 12.8 Å². The van der Waals surface area contributed by atoms with Crippen LogP contribution in [0, 0.1) is 35.2 Å². The Hall–Kier alpha value is -7.58. The lowest BCUT2D eigenvalue weighted by Crippen LogP contribution is -2.40.